The lowest BCUT2D eigenvalue weighted by atomic mass is 10.3. The summed E-state index contributed by atoms with van der Waals surface area (Å²) in [5.41, 5.74) is 0.525. The maximum absolute atomic E-state index is 11.4. The van der Waals surface area contributed by atoms with E-state index in [4.69, 9.17) is 27.9 Å². The molecular weight excluding hydrogens is 317 g/mol. The van der Waals surface area contributed by atoms with Gasteiger partial charge in [-0.25, -0.2) is 0 Å². The summed E-state index contributed by atoms with van der Waals surface area (Å²) in [6.45, 7) is 0. The Kier molecular flexibility index (Phi) is 5.38. The molecule has 0 radical (unpaired) electrons. The molecule has 16 heavy (non-hydrogen) atoms. The highest BCUT2D eigenvalue weighted by atomic mass is 79.9. The lowest BCUT2D eigenvalue weighted by Gasteiger charge is -2.12. The van der Waals surface area contributed by atoms with E-state index in [1.54, 1.807) is 12.1 Å². The Morgan fingerprint density at radius 3 is 2.81 bits per heavy atom. The molecular formula is C10H10BrCl2NO2. The third-order valence-corrected chi connectivity index (χ3v) is 2.80. The van der Waals surface area contributed by atoms with Crippen molar-refractivity contribution in [1.29, 1.82) is 0 Å². The largest absolute Gasteiger partial charge is 0.493 e. The number of amides is 1. The van der Waals surface area contributed by atoms with Crippen LogP contribution in [0.15, 0.2) is 16.6 Å². The highest BCUT2D eigenvalue weighted by Crippen LogP contribution is 2.36. The molecule has 1 aromatic rings. The second-order valence-corrected chi connectivity index (χ2v) is 4.62. The number of carbonyl (C=O) groups is 1. The number of nitrogens with one attached hydrogen (secondary N) is 1. The number of carbonyl (C=O) groups excluding carboxylic acids is 1. The van der Waals surface area contributed by atoms with Crippen LogP contribution in [0, 0.1) is 0 Å². The molecule has 0 spiro atoms. The number of anilines is 1. The predicted molar refractivity (Wildman–Crippen MR) is 69.7 cm³/mol. The smallest absolute Gasteiger partial charge is 0.225 e. The molecule has 0 atom stereocenters. The number of rotatable bonds is 4. The highest BCUT2D eigenvalue weighted by molar-refractivity contribution is 9.10. The molecule has 6 heteroatoms. The monoisotopic (exact) mass is 325 g/mol. The van der Waals surface area contributed by atoms with E-state index in [-0.39, 0.29) is 18.2 Å². The van der Waals surface area contributed by atoms with Crippen LogP contribution >= 0.6 is 39.1 Å². The molecule has 1 aromatic carbocycles. The average Bonchev–Trinajstić information content (AvgIpc) is 2.17. The fraction of sp³-hybridized carbons (Fsp3) is 0.300. The molecule has 1 amide bonds. The Morgan fingerprint density at radius 1 is 1.56 bits per heavy atom. The zero-order chi connectivity index (χ0) is 12.1. The van der Waals surface area contributed by atoms with E-state index in [9.17, 15) is 4.79 Å². The van der Waals surface area contributed by atoms with Crippen molar-refractivity contribution in [3.05, 3.63) is 21.6 Å². The summed E-state index contributed by atoms with van der Waals surface area (Å²) in [4.78, 5) is 11.4. The van der Waals surface area contributed by atoms with Gasteiger partial charge in [0.15, 0.2) is 5.75 Å². The van der Waals surface area contributed by atoms with Gasteiger partial charge < -0.3 is 10.1 Å². The van der Waals surface area contributed by atoms with Crippen molar-refractivity contribution in [2.45, 2.75) is 6.42 Å². The third kappa shape index (κ3) is 3.54. The van der Waals surface area contributed by atoms with Crippen molar-refractivity contribution in [2.24, 2.45) is 0 Å². The number of hydrogen-bond donors (Lipinski definition) is 1. The van der Waals surface area contributed by atoms with Gasteiger partial charge in [-0.3, -0.25) is 4.79 Å². The molecule has 0 aromatic heterocycles. The fourth-order valence-electron chi connectivity index (χ4n) is 1.16. The van der Waals surface area contributed by atoms with Crippen LogP contribution in [0.1, 0.15) is 6.42 Å². The number of ether oxygens (including phenoxy) is 1. The van der Waals surface area contributed by atoms with Crippen LogP contribution in [-0.4, -0.2) is 18.9 Å². The van der Waals surface area contributed by atoms with Gasteiger partial charge in [-0.1, -0.05) is 11.6 Å². The fourth-order valence-corrected chi connectivity index (χ4v) is 2.30. The number of hydrogen-bond acceptors (Lipinski definition) is 2. The van der Waals surface area contributed by atoms with Gasteiger partial charge in [0, 0.05) is 17.3 Å². The highest BCUT2D eigenvalue weighted by Gasteiger charge is 2.11. The minimum atomic E-state index is -0.178. The molecule has 1 N–H and O–H groups in total. The van der Waals surface area contributed by atoms with Crippen molar-refractivity contribution in [3.8, 4) is 5.75 Å². The molecule has 0 aliphatic heterocycles. The van der Waals surface area contributed by atoms with Crippen LogP contribution in [0.3, 0.4) is 0 Å². The molecule has 1 rings (SSSR count). The molecule has 0 saturated heterocycles. The van der Waals surface area contributed by atoms with Crippen LogP contribution < -0.4 is 10.1 Å². The van der Waals surface area contributed by atoms with Crippen LogP contribution in [0.4, 0.5) is 5.69 Å². The molecule has 0 fully saturated rings. The van der Waals surface area contributed by atoms with Crippen molar-refractivity contribution in [3.63, 3.8) is 0 Å². The first kappa shape index (κ1) is 13.6. The van der Waals surface area contributed by atoms with E-state index in [1.165, 1.54) is 7.11 Å². The van der Waals surface area contributed by atoms with Crippen LogP contribution in [0.2, 0.25) is 5.02 Å². The molecule has 88 valence electrons. The summed E-state index contributed by atoms with van der Waals surface area (Å²) in [7, 11) is 1.52. The van der Waals surface area contributed by atoms with Crippen molar-refractivity contribution in [1.82, 2.24) is 0 Å². The average molecular weight is 327 g/mol. The minimum absolute atomic E-state index is 0.178. The Hall–Kier alpha value is -0.450. The van der Waals surface area contributed by atoms with Crippen molar-refractivity contribution >= 4 is 50.7 Å². The summed E-state index contributed by atoms with van der Waals surface area (Å²) in [5, 5.41) is 3.19. The maximum atomic E-state index is 11.4. The first-order chi connectivity index (χ1) is 7.58. The standard InChI is InChI=1S/C10H10BrCl2NO2/c1-16-10-7(11)4-6(13)5-8(10)14-9(15)2-3-12/h4-5H,2-3H2,1H3,(H,14,15). The van der Waals surface area contributed by atoms with E-state index in [0.29, 0.717) is 20.9 Å². The topological polar surface area (TPSA) is 38.3 Å². The third-order valence-electron chi connectivity index (χ3n) is 1.81. The first-order valence-corrected chi connectivity index (χ1v) is 6.18. The van der Waals surface area contributed by atoms with E-state index in [0.717, 1.165) is 0 Å². The second kappa shape index (κ2) is 6.33. The van der Waals surface area contributed by atoms with Gasteiger partial charge in [0.1, 0.15) is 0 Å². The van der Waals surface area contributed by atoms with E-state index < -0.39 is 0 Å². The summed E-state index contributed by atoms with van der Waals surface area (Å²) >= 11 is 14.6. The van der Waals surface area contributed by atoms with Gasteiger partial charge in [-0.2, -0.15) is 0 Å². The zero-order valence-corrected chi connectivity index (χ0v) is 11.6. The first-order valence-electron chi connectivity index (χ1n) is 4.47. The number of methoxy groups -OCH3 is 1. The maximum Gasteiger partial charge on any atom is 0.225 e. The van der Waals surface area contributed by atoms with Gasteiger partial charge in [-0.05, 0) is 28.1 Å². The Bertz CT molecular complexity index is 399. The summed E-state index contributed by atoms with van der Waals surface area (Å²) in [6, 6.07) is 3.31. The van der Waals surface area contributed by atoms with Crippen molar-refractivity contribution in [2.75, 3.05) is 18.3 Å². The molecule has 0 aliphatic rings. The van der Waals surface area contributed by atoms with Crippen molar-refractivity contribution < 1.29 is 9.53 Å². The Labute approximate surface area is 112 Å². The molecule has 0 saturated carbocycles. The van der Waals surface area contributed by atoms with Gasteiger partial charge in [0.05, 0.1) is 17.3 Å². The normalized spacial score (nSPS) is 10.0. The summed E-state index contributed by atoms with van der Waals surface area (Å²) < 4.78 is 5.84. The molecule has 0 aliphatic carbocycles. The van der Waals surface area contributed by atoms with Gasteiger partial charge in [0.2, 0.25) is 5.91 Å². The molecule has 0 bridgehead atoms. The number of halogens is 3. The Balaban J connectivity index is 2.97. The Morgan fingerprint density at radius 2 is 2.25 bits per heavy atom. The van der Waals surface area contributed by atoms with E-state index in [2.05, 4.69) is 21.2 Å². The van der Waals surface area contributed by atoms with Crippen LogP contribution in [-0.2, 0) is 4.79 Å². The van der Waals surface area contributed by atoms with Gasteiger partial charge >= 0.3 is 0 Å². The summed E-state index contributed by atoms with van der Waals surface area (Å²) in [5.74, 6) is 0.630. The molecule has 0 unspecified atom stereocenters. The SMILES string of the molecule is COc1c(Br)cc(Cl)cc1NC(=O)CCCl. The van der Waals surface area contributed by atoms with Gasteiger partial charge in [-0.15, -0.1) is 11.6 Å². The predicted octanol–water partition coefficient (Wildman–Crippen LogP) is 3.68. The van der Waals surface area contributed by atoms with Crippen LogP contribution in [0.5, 0.6) is 5.75 Å². The summed E-state index contributed by atoms with van der Waals surface area (Å²) in [6.07, 6.45) is 0.245. The lowest BCUT2D eigenvalue weighted by molar-refractivity contribution is -0.115. The molecule has 0 heterocycles. The number of alkyl halides is 1. The zero-order valence-electron chi connectivity index (χ0n) is 8.52. The van der Waals surface area contributed by atoms with E-state index >= 15 is 0 Å². The quantitative estimate of drug-likeness (QED) is 0.857. The number of benzene rings is 1. The lowest BCUT2D eigenvalue weighted by Crippen LogP contribution is -2.12. The second-order valence-electron chi connectivity index (χ2n) is 2.96. The molecule has 3 nitrogen and oxygen atoms in total. The van der Waals surface area contributed by atoms with Crippen LogP contribution in [0.25, 0.3) is 0 Å². The van der Waals surface area contributed by atoms with Gasteiger partial charge in [0.25, 0.3) is 0 Å². The minimum Gasteiger partial charge on any atom is -0.493 e. The van der Waals surface area contributed by atoms with E-state index in [1.807, 2.05) is 0 Å².